The summed E-state index contributed by atoms with van der Waals surface area (Å²) in [5.41, 5.74) is 7.40. The lowest BCUT2D eigenvalue weighted by molar-refractivity contribution is 0.151. The van der Waals surface area contributed by atoms with E-state index >= 15 is 0 Å². The Bertz CT molecular complexity index is 999. The van der Waals surface area contributed by atoms with Gasteiger partial charge in [-0.3, -0.25) is 10.3 Å². The van der Waals surface area contributed by atoms with Crippen molar-refractivity contribution in [3.05, 3.63) is 41.9 Å². The number of halogens is 2. The molecule has 4 heterocycles. The van der Waals surface area contributed by atoms with Crippen LogP contribution in [0.25, 0.3) is 22.2 Å². The van der Waals surface area contributed by atoms with Gasteiger partial charge in [0.05, 0.1) is 24.0 Å². The first-order chi connectivity index (χ1) is 13.0. The topological polar surface area (TPSA) is 106 Å². The van der Waals surface area contributed by atoms with E-state index in [0.29, 0.717) is 41.1 Å². The molecule has 0 bridgehead atoms. The van der Waals surface area contributed by atoms with E-state index in [2.05, 4.69) is 20.3 Å². The van der Waals surface area contributed by atoms with Crippen molar-refractivity contribution in [2.45, 2.75) is 18.8 Å². The second-order valence-electron chi connectivity index (χ2n) is 6.38. The Kier molecular flexibility index (Phi) is 4.44. The molecule has 1 saturated heterocycles. The molecule has 4 rings (SSSR count). The van der Waals surface area contributed by atoms with Gasteiger partial charge in [-0.25, -0.2) is 18.6 Å². The molecule has 9 heteroatoms. The minimum absolute atomic E-state index is 0.00131. The maximum Gasteiger partial charge on any atom is 0.317 e. The third kappa shape index (κ3) is 3.45. The molecular formula is C18H17F2N5O2. The van der Waals surface area contributed by atoms with E-state index in [4.69, 9.17) is 10.5 Å². The number of nitrogens with one attached hydrogen (secondary N) is 2. The first-order valence-electron chi connectivity index (χ1n) is 8.43. The number of hydrogen-bond donors (Lipinski definition) is 3. The number of alkyl halides is 2. The Labute approximate surface area is 152 Å². The summed E-state index contributed by atoms with van der Waals surface area (Å²) in [4.78, 5) is 22.8. The maximum atomic E-state index is 13.4. The largest absolute Gasteiger partial charge is 0.381 e. The molecule has 1 unspecified atom stereocenters. The number of rotatable bonds is 4. The molecule has 0 radical (unpaired) electrons. The van der Waals surface area contributed by atoms with Gasteiger partial charge in [0.2, 0.25) is 0 Å². The highest BCUT2D eigenvalue weighted by Gasteiger charge is 2.23. The van der Waals surface area contributed by atoms with Crippen molar-refractivity contribution >= 4 is 22.8 Å². The Morgan fingerprint density at radius 2 is 2.22 bits per heavy atom. The number of nitrogens with zero attached hydrogens (tertiary/aromatic N) is 2. The molecule has 4 N–H and O–H groups in total. The highest BCUT2D eigenvalue weighted by molar-refractivity contribution is 5.97. The van der Waals surface area contributed by atoms with Crippen molar-refractivity contribution in [2.24, 2.45) is 5.73 Å². The summed E-state index contributed by atoms with van der Waals surface area (Å²) >= 11 is 0. The van der Waals surface area contributed by atoms with E-state index in [1.807, 2.05) is 0 Å². The standard InChI is InChI=1S/C18H17F2N5O2/c19-17(20)10-3-13(9-1-2-27-8-9)24-14(4-10)12-6-22-15-7-23-16(5-11(12)15)25-18(21)26/h3-7,9,17,22H,1-2,8H2,(H3,21,23,25,26). The van der Waals surface area contributed by atoms with E-state index in [1.54, 1.807) is 12.3 Å². The number of primary amides is 1. The number of amides is 2. The summed E-state index contributed by atoms with van der Waals surface area (Å²) in [7, 11) is 0. The Hall–Kier alpha value is -3.07. The summed E-state index contributed by atoms with van der Waals surface area (Å²) < 4.78 is 32.2. The van der Waals surface area contributed by atoms with Crippen LogP contribution in [0, 0.1) is 0 Å². The van der Waals surface area contributed by atoms with Crippen molar-refractivity contribution in [3.63, 3.8) is 0 Å². The van der Waals surface area contributed by atoms with Crippen LogP contribution < -0.4 is 11.1 Å². The minimum atomic E-state index is -2.60. The molecular weight excluding hydrogens is 356 g/mol. The van der Waals surface area contributed by atoms with Crippen LogP contribution in [0.5, 0.6) is 0 Å². The molecule has 0 spiro atoms. The molecule has 27 heavy (non-hydrogen) atoms. The number of carbonyl (C=O) groups excluding carboxylic acids is 1. The van der Waals surface area contributed by atoms with Crippen LogP contribution in [-0.4, -0.2) is 34.2 Å². The zero-order valence-electron chi connectivity index (χ0n) is 14.2. The first kappa shape index (κ1) is 17.3. The minimum Gasteiger partial charge on any atom is -0.381 e. The van der Waals surface area contributed by atoms with E-state index < -0.39 is 12.5 Å². The van der Waals surface area contributed by atoms with Gasteiger partial charge in [-0.05, 0) is 24.6 Å². The zero-order valence-corrected chi connectivity index (χ0v) is 14.2. The van der Waals surface area contributed by atoms with Gasteiger partial charge >= 0.3 is 6.03 Å². The Morgan fingerprint density at radius 1 is 1.37 bits per heavy atom. The zero-order chi connectivity index (χ0) is 19.0. The van der Waals surface area contributed by atoms with Crippen LogP contribution in [0.2, 0.25) is 0 Å². The molecule has 1 atom stereocenters. The van der Waals surface area contributed by atoms with Crippen LogP contribution in [0.15, 0.2) is 30.6 Å². The molecule has 1 aliphatic heterocycles. The number of hydrogen-bond acceptors (Lipinski definition) is 4. The molecule has 1 aliphatic rings. The van der Waals surface area contributed by atoms with Crippen LogP contribution in [0.4, 0.5) is 19.4 Å². The monoisotopic (exact) mass is 373 g/mol. The number of carbonyl (C=O) groups is 1. The van der Waals surface area contributed by atoms with Gasteiger partial charge in [-0.2, -0.15) is 0 Å². The van der Waals surface area contributed by atoms with Crippen molar-refractivity contribution in [1.82, 2.24) is 15.0 Å². The molecule has 0 saturated carbocycles. The van der Waals surface area contributed by atoms with E-state index in [-0.39, 0.29) is 17.3 Å². The highest BCUT2D eigenvalue weighted by atomic mass is 19.3. The lowest BCUT2D eigenvalue weighted by atomic mass is 10.0. The summed E-state index contributed by atoms with van der Waals surface area (Å²) in [5.74, 6) is 0.270. The molecule has 2 amide bonds. The number of fused-ring (bicyclic) bond motifs is 1. The third-order valence-corrected chi connectivity index (χ3v) is 4.56. The van der Waals surface area contributed by atoms with Crippen LogP contribution in [0.1, 0.15) is 30.0 Å². The molecule has 1 fully saturated rings. The first-order valence-corrected chi connectivity index (χ1v) is 8.43. The molecule has 0 aromatic carbocycles. The van der Waals surface area contributed by atoms with Gasteiger partial charge in [-0.1, -0.05) is 0 Å². The SMILES string of the molecule is NC(=O)Nc1cc2c(-c3cc(C(F)F)cc(C4CCOC4)n3)c[nH]c2cn1. The summed E-state index contributed by atoms with van der Waals surface area (Å²) in [6, 6.07) is 3.72. The molecule has 0 aliphatic carbocycles. The lowest BCUT2D eigenvalue weighted by Gasteiger charge is -2.12. The fourth-order valence-electron chi connectivity index (χ4n) is 3.24. The highest BCUT2D eigenvalue weighted by Crippen LogP contribution is 2.34. The third-order valence-electron chi connectivity index (χ3n) is 4.56. The fraction of sp³-hybridized carbons (Fsp3) is 0.278. The molecule has 3 aromatic rings. The van der Waals surface area contributed by atoms with Crippen LogP contribution in [0.3, 0.4) is 0 Å². The van der Waals surface area contributed by atoms with Crippen molar-refractivity contribution in [1.29, 1.82) is 0 Å². The molecule has 140 valence electrons. The quantitative estimate of drug-likeness (QED) is 0.650. The number of nitrogens with two attached hydrogens (primary N) is 1. The Morgan fingerprint density at radius 3 is 2.93 bits per heavy atom. The number of anilines is 1. The number of aromatic nitrogens is 3. The second kappa shape index (κ2) is 6.92. The van der Waals surface area contributed by atoms with Gasteiger partial charge in [0.25, 0.3) is 6.43 Å². The van der Waals surface area contributed by atoms with Gasteiger partial charge in [-0.15, -0.1) is 0 Å². The van der Waals surface area contributed by atoms with Gasteiger partial charge in [0.15, 0.2) is 0 Å². The normalized spacial score (nSPS) is 16.9. The van der Waals surface area contributed by atoms with Gasteiger partial charge in [0, 0.05) is 40.9 Å². The van der Waals surface area contributed by atoms with Crippen LogP contribution >= 0.6 is 0 Å². The Balaban J connectivity index is 1.83. The number of urea groups is 1. The maximum absolute atomic E-state index is 13.4. The average Bonchev–Trinajstić information content (AvgIpc) is 3.30. The number of H-pyrrole nitrogens is 1. The summed E-state index contributed by atoms with van der Waals surface area (Å²) in [6.07, 6.45) is 1.37. The molecule has 7 nitrogen and oxygen atoms in total. The van der Waals surface area contributed by atoms with Crippen molar-refractivity contribution in [3.8, 4) is 11.3 Å². The van der Waals surface area contributed by atoms with Gasteiger partial charge < -0.3 is 15.5 Å². The van der Waals surface area contributed by atoms with Crippen molar-refractivity contribution in [2.75, 3.05) is 18.5 Å². The average molecular weight is 373 g/mol. The van der Waals surface area contributed by atoms with Crippen molar-refractivity contribution < 1.29 is 18.3 Å². The smallest absolute Gasteiger partial charge is 0.317 e. The number of ether oxygens (including phenoxy) is 1. The van der Waals surface area contributed by atoms with Gasteiger partial charge in [0.1, 0.15) is 5.82 Å². The predicted molar refractivity (Wildman–Crippen MR) is 95.7 cm³/mol. The lowest BCUT2D eigenvalue weighted by Crippen LogP contribution is -2.19. The summed E-state index contributed by atoms with van der Waals surface area (Å²) in [6.45, 7) is 1.07. The fourth-order valence-corrected chi connectivity index (χ4v) is 3.24. The van der Waals surface area contributed by atoms with Crippen LogP contribution in [-0.2, 0) is 4.74 Å². The summed E-state index contributed by atoms with van der Waals surface area (Å²) in [5, 5.41) is 3.10. The van der Waals surface area contributed by atoms with E-state index in [9.17, 15) is 13.6 Å². The van der Waals surface area contributed by atoms with E-state index in [0.717, 1.165) is 6.42 Å². The number of aromatic amines is 1. The predicted octanol–water partition coefficient (Wildman–Crippen LogP) is 3.56. The number of pyridine rings is 2. The second-order valence-corrected chi connectivity index (χ2v) is 6.38. The van der Waals surface area contributed by atoms with E-state index in [1.165, 1.54) is 18.3 Å². The molecule has 3 aromatic heterocycles.